The largest absolute Gasteiger partial charge is 0.465 e. The monoisotopic (exact) mass is 488 g/mol. The number of amides is 1. The minimum atomic E-state index is -1.59. The summed E-state index contributed by atoms with van der Waals surface area (Å²) in [7, 11) is 0. The van der Waals surface area contributed by atoms with Crippen molar-refractivity contribution in [1.29, 1.82) is 0 Å². The minimum Gasteiger partial charge on any atom is -0.465 e. The number of hydrogen-bond acceptors (Lipinski definition) is 5. The maximum atomic E-state index is 13.6. The molecule has 0 unspecified atom stereocenters. The van der Waals surface area contributed by atoms with E-state index in [0.29, 0.717) is 31.0 Å². The van der Waals surface area contributed by atoms with Crippen molar-refractivity contribution in [3.8, 4) is 11.3 Å². The van der Waals surface area contributed by atoms with Crippen LogP contribution in [-0.4, -0.2) is 65.3 Å². The maximum absolute atomic E-state index is 13.6. The molecule has 1 N–H and O–H groups in total. The molecule has 0 atom stereocenters. The molecule has 11 heteroatoms. The molecule has 1 aromatic heterocycles. The van der Waals surface area contributed by atoms with E-state index in [2.05, 4.69) is 10.00 Å². The first-order chi connectivity index (χ1) is 16.8. The van der Waals surface area contributed by atoms with Crippen LogP contribution in [0, 0.1) is 17.5 Å². The summed E-state index contributed by atoms with van der Waals surface area (Å²) in [5.74, 6) is -4.31. The highest BCUT2D eigenvalue weighted by Gasteiger charge is 2.18. The van der Waals surface area contributed by atoms with Gasteiger partial charge in [0, 0.05) is 43.5 Å². The average molecular weight is 488 g/mol. The standard InChI is InChI=1S/C24H23F3N4O4/c25-19-13-17(14-20(26)23(19)27)21-4-5-22(32)31(28-21)15-16-2-1-3-18(12-16)30(24(33)34)7-6-29-8-10-35-11-9-29/h1-5,12-14H,6-11,15H2,(H,33,34). The van der Waals surface area contributed by atoms with Crippen molar-refractivity contribution in [2.24, 2.45) is 0 Å². The average Bonchev–Trinajstić information content (AvgIpc) is 2.84. The van der Waals surface area contributed by atoms with Crippen molar-refractivity contribution < 1.29 is 27.8 Å². The van der Waals surface area contributed by atoms with E-state index in [1.807, 2.05) is 0 Å². The van der Waals surface area contributed by atoms with E-state index >= 15 is 0 Å². The first kappa shape index (κ1) is 24.4. The molecule has 3 aromatic rings. The molecule has 4 rings (SSSR count). The SMILES string of the molecule is O=C(O)N(CCN1CCOCC1)c1cccc(Cn2nc(-c3cc(F)c(F)c(F)c3)ccc2=O)c1. The van der Waals surface area contributed by atoms with Gasteiger partial charge in [0.15, 0.2) is 17.5 Å². The Morgan fingerprint density at radius 2 is 1.77 bits per heavy atom. The predicted octanol–water partition coefficient (Wildman–Crippen LogP) is 3.19. The van der Waals surface area contributed by atoms with E-state index in [1.165, 1.54) is 17.0 Å². The molecule has 1 saturated heterocycles. The quantitative estimate of drug-likeness (QED) is 0.514. The van der Waals surface area contributed by atoms with Crippen LogP contribution in [0.3, 0.4) is 0 Å². The number of anilines is 1. The lowest BCUT2D eigenvalue weighted by Crippen LogP contribution is -2.42. The van der Waals surface area contributed by atoms with Gasteiger partial charge < -0.3 is 9.84 Å². The third-order valence-corrected chi connectivity index (χ3v) is 5.68. The highest BCUT2D eigenvalue weighted by Crippen LogP contribution is 2.22. The number of ether oxygens (including phenoxy) is 1. The molecule has 1 amide bonds. The highest BCUT2D eigenvalue weighted by atomic mass is 19.2. The number of carboxylic acid groups (broad SMARTS) is 1. The van der Waals surface area contributed by atoms with E-state index in [0.717, 1.165) is 29.9 Å². The van der Waals surface area contributed by atoms with Gasteiger partial charge in [0.05, 0.1) is 25.5 Å². The van der Waals surface area contributed by atoms with Crippen LogP contribution in [0.4, 0.5) is 23.7 Å². The summed E-state index contributed by atoms with van der Waals surface area (Å²) in [4.78, 5) is 27.6. The van der Waals surface area contributed by atoms with Crippen molar-refractivity contribution in [3.63, 3.8) is 0 Å². The second-order valence-electron chi connectivity index (χ2n) is 8.03. The topological polar surface area (TPSA) is 87.9 Å². The van der Waals surface area contributed by atoms with Crippen LogP contribution < -0.4 is 10.5 Å². The smallest absolute Gasteiger partial charge is 0.411 e. The molecule has 0 radical (unpaired) electrons. The number of halogens is 3. The number of hydrogen-bond donors (Lipinski definition) is 1. The molecular formula is C24H23F3N4O4. The fourth-order valence-electron chi connectivity index (χ4n) is 3.82. The molecule has 1 fully saturated rings. The molecule has 8 nitrogen and oxygen atoms in total. The van der Waals surface area contributed by atoms with Crippen molar-refractivity contribution in [2.45, 2.75) is 6.54 Å². The van der Waals surface area contributed by atoms with Crippen LogP contribution in [0.15, 0.2) is 53.3 Å². The van der Waals surface area contributed by atoms with Crippen LogP contribution >= 0.6 is 0 Å². The summed E-state index contributed by atoms with van der Waals surface area (Å²) in [5.41, 5.74) is 0.628. The molecule has 0 spiro atoms. The van der Waals surface area contributed by atoms with E-state index in [4.69, 9.17) is 4.74 Å². The Labute approximate surface area is 198 Å². The van der Waals surface area contributed by atoms with Gasteiger partial charge in [0.25, 0.3) is 5.56 Å². The second-order valence-corrected chi connectivity index (χ2v) is 8.03. The van der Waals surface area contributed by atoms with Crippen molar-refractivity contribution >= 4 is 11.8 Å². The van der Waals surface area contributed by atoms with Gasteiger partial charge >= 0.3 is 6.09 Å². The number of rotatable bonds is 7. The predicted molar refractivity (Wildman–Crippen MR) is 122 cm³/mol. The fraction of sp³-hybridized carbons (Fsp3) is 0.292. The number of benzene rings is 2. The van der Waals surface area contributed by atoms with Crippen molar-refractivity contribution in [3.05, 3.63) is 81.9 Å². The minimum absolute atomic E-state index is 0.0103. The third-order valence-electron chi connectivity index (χ3n) is 5.68. The zero-order valence-corrected chi connectivity index (χ0v) is 18.7. The fourth-order valence-corrected chi connectivity index (χ4v) is 3.82. The van der Waals surface area contributed by atoms with Gasteiger partial charge in [0.2, 0.25) is 0 Å². The first-order valence-corrected chi connectivity index (χ1v) is 10.9. The van der Waals surface area contributed by atoms with Crippen molar-refractivity contribution in [2.75, 3.05) is 44.3 Å². The van der Waals surface area contributed by atoms with Gasteiger partial charge in [-0.2, -0.15) is 5.10 Å². The lowest BCUT2D eigenvalue weighted by atomic mass is 10.1. The van der Waals surface area contributed by atoms with Gasteiger partial charge in [-0.05, 0) is 35.9 Å². The Morgan fingerprint density at radius 3 is 2.46 bits per heavy atom. The highest BCUT2D eigenvalue weighted by molar-refractivity contribution is 5.86. The molecule has 2 heterocycles. The lowest BCUT2D eigenvalue weighted by Gasteiger charge is -2.29. The molecule has 0 saturated carbocycles. The molecule has 0 bridgehead atoms. The van der Waals surface area contributed by atoms with Crippen LogP contribution in [0.2, 0.25) is 0 Å². The number of aromatic nitrogens is 2. The Balaban J connectivity index is 1.55. The number of nitrogens with zero attached hydrogens (tertiary/aromatic N) is 4. The van der Waals surface area contributed by atoms with Crippen LogP contribution in [0.5, 0.6) is 0 Å². The summed E-state index contributed by atoms with van der Waals surface area (Å²) >= 11 is 0. The van der Waals surface area contributed by atoms with Crippen molar-refractivity contribution in [1.82, 2.24) is 14.7 Å². The van der Waals surface area contributed by atoms with E-state index in [9.17, 15) is 27.9 Å². The second kappa shape index (κ2) is 10.7. The Bertz CT molecular complexity index is 1250. The van der Waals surface area contributed by atoms with Gasteiger partial charge in [-0.3, -0.25) is 14.6 Å². The Morgan fingerprint density at radius 1 is 1.06 bits per heavy atom. The Hall–Kier alpha value is -3.70. The molecule has 184 valence electrons. The lowest BCUT2D eigenvalue weighted by molar-refractivity contribution is 0.0392. The third kappa shape index (κ3) is 5.87. The van der Waals surface area contributed by atoms with Crippen LogP contribution in [0.1, 0.15) is 5.56 Å². The molecule has 0 aliphatic carbocycles. The maximum Gasteiger partial charge on any atom is 0.411 e. The number of morpholine rings is 1. The van der Waals surface area contributed by atoms with E-state index < -0.39 is 29.1 Å². The molecule has 1 aliphatic rings. The summed E-state index contributed by atoms with van der Waals surface area (Å²) in [6.07, 6.45) is -1.10. The van der Waals surface area contributed by atoms with Gasteiger partial charge in [-0.15, -0.1) is 0 Å². The van der Waals surface area contributed by atoms with E-state index in [-0.39, 0.29) is 24.3 Å². The summed E-state index contributed by atoms with van der Waals surface area (Å²) < 4.78 is 47.0. The zero-order chi connectivity index (χ0) is 24.9. The first-order valence-electron chi connectivity index (χ1n) is 10.9. The Kier molecular flexibility index (Phi) is 7.47. The normalized spacial score (nSPS) is 14.1. The molecule has 2 aromatic carbocycles. The van der Waals surface area contributed by atoms with Gasteiger partial charge in [-0.1, -0.05) is 12.1 Å². The zero-order valence-electron chi connectivity index (χ0n) is 18.7. The van der Waals surface area contributed by atoms with Crippen LogP contribution in [0.25, 0.3) is 11.3 Å². The summed E-state index contributed by atoms with van der Waals surface area (Å²) in [5, 5.41) is 13.9. The molecule has 1 aliphatic heterocycles. The van der Waals surface area contributed by atoms with Gasteiger partial charge in [0.1, 0.15) is 0 Å². The summed E-state index contributed by atoms with van der Waals surface area (Å²) in [6.45, 7) is 3.49. The van der Waals surface area contributed by atoms with Gasteiger partial charge in [-0.25, -0.2) is 22.6 Å². The number of carbonyl (C=O) groups is 1. The summed E-state index contributed by atoms with van der Waals surface area (Å²) in [6, 6.07) is 10.8. The molecule has 35 heavy (non-hydrogen) atoms. The van der Waals surface area contributed by atoms with E-state index in [1.54, 1.807) is 24.3 Å². The van der Waals surface area contributed by atoms with Crippen LogP contribution in [-0.2, 0) is 11.3 Å². The molecular weight excluding hydrogens is 465 g/mol.